The van der Waals surface area contributed by atoms with E-state index in [-0.39, 0.29) is 10.6 Å². The van der Waals surface area contributed by atoms with Gasteiger partial charge >= 0.3 is 0 Å². The Labute approximate surface area is 144 Å². The van der Waals surface area contributed by atoms with Gasteiger partial charge in [0.2, 0.25) is 0 Å². The lowest BCUT2D eigenvalue weighted by Gasteiger charge is -2.07. The monoisotopic (exact) mass is 358 g/mol. The summed E-state index contributed by atoms with van der Waals surface area (Å²) in [5.74, 6) is 0. The Morgan fingerprint density at radius 1 is 1.04 bits per heavy atom. The molecule has 0 bridgehead atoms. The van der Waals surface area contributed by atoms with E-state index >= 15 is 0 Å². The van der Waals surface area contributed by atoms with Gasteiger partial charge in [0.1, 0.15) is 5.69 Å². The zero-order valence-electron chi connectivity index (χ0n) is 12.8. The zero-order chi connectivity index (χ0) is 17.2. The Kier molecular flexibility index (Phi) is 4.55. The van der Waals surface area contributed by atoms with Crippen LogP contribution in [0.2, 0.25) is 0 Å². The van der Waals surface area contributed by atoms with Gasteiger partial charge in [-0.25, -0.2) is 0 Å². The summed E-state index contributed by atoms with van der Waals surface area (Å²) in [6.45, 7) is 1.87. The summed E-state index contributed by atoms with van der Waals surface area (Å²) in [6.07, 6.45) is 1.91. The van der Waals surface area contributed by atoms with Gasteiger partial charge in [-0.1, -0.05) is 47.7 Å². The third kappa shape index (κ3) is 3.13. The number of hydrogen-bond donors (Lipinski definition) is 0. The van der Waals surface area contributed by atoms with E-state index < -0.39 is 10.0 Å². The molecule has 1 heterocycles. The Hall–Kier alpha value is -2.38. The van der Waals surface area contributed by atoms with E-state index in [4.69, 9.17) is 0 Å². The third-order valence-corrected chi connectivity index (χ3v) is 6.02. The summed E-state index contributed by atoms with van der Waals surface area (Å²) >= 11 is 1.29. The average Bonchev–Trinajstić information content (AvgIpc) is 2.99. The average molecular weight is 358 g/mol. The minimum atomic E-state index is -3.91. The summed E-state index contributed by atoms with van der Waals surface area (Å²) in [7, 11) is -3.91. The first-order valence-corrected chi connectivity index (χ1v) is 9.36. The molecule has 0 spiro atoms. The van der Waals surface area contributed by atoms with Crippen molar-refractivity contribution in [3.8, 4) is 0 Å². The van der Waals surface area contributed by atoms with E-state index in [1.54, 1.807) is 12.1 Å². The summed E-state index contributed by atoms with van der Waals surface area (Å²) in [5.41, 5.74) is 0.967. The quantitative estimate of drug-likeness (QED) is 0.654. The maximum Gasteiger partial charge on any atom is 0.283 e. The van der Waals surface area contributed by atoms with E-state index in [9.17, 15) is 13.2 Å². The van der Waals surface area contributed by atoms with Crippen molar-refractivity contribution in [3.63, 3.8) is 0 Å². The molecule has 122 valence electrons. The van der Waals surface area contributed by atoms with Crippen LogP contribution in [0.25, 0.3) is 0 Å². The molecule has 0 aliphatic carbocycles. The van der Waals surface area contributed by atoms with E-state index in [0.29, 0.717) is 11.2 Å². The summed E-state index contributed by atoms with van der Waals surface area (Å²) in [4.78, 5) is 13.0. The molecule has 3 aromatic rings. The molecular formula is C17H14N2O3S2. The molecule has 0 aliphatic heterocycles. The van der Waals surface area contributed by atoms with Crippen LogP contribution in [0.3, 0.4) is 0 Å². The lowest BCUT2D eigenvalue weighted by molar-refractivity contribution is 0.111. The second kappa shape index (κ2) is 6.62. The van der Waals surface area contributed by atoms with E-state index in [1.165, 1.54) is 30.1 Å². The Balaban J connectivity index is 2.03. The molecule has 7 heteroatoms. The van der Waals surface area contributed by atoms with Crippen LogP contribution in [0.1, 0.15) is 16.1 Å². The van der Waals surface area contributed by atoms with Crippen LogP contribution < -0.4 is 0 Å². The Morgan fingerprint density at radius 3 is 2.33 bits per heavy atom. The van der Waals surface area contributed by atoms with Gasteiger partial charge in [-0.05, 0) is 31.2 Å². The van der Waals surface area contributed by atoms with Crippen molar-refractivity contribution in [2.24, 2.45) is 0 Å². The molecular weight excluding hydrogens is 344 g/mol. The number of aromatic nitrogens is 2. The Bertz CT molecular complexity index is 963. The fourth-order valence-corrected chi connectivity index (χ4v) is 4.32. The highest BCUT2D eigenvalue weighted by molar-refractivity contribution is 7.99. The predicted octanol–water partition coefficient (Wildman–Crippen LogP) is 3.39. The molecule has 0 amide bonds. The molecule has 0 atom stereocenters. The van der Waals surface area contributed by atoms with Crippen LogP contribution in [-0.4, -0.2) is 23.9 Å². The molecule has 0 unspecified atom stereocenters. The lowest BCUT2D eigenvalue weighted by atomic mass is 10.2. The van der Waals surface area contributed by atoms with Crippen LogP contribution in [0.5, 0.6) is 0 Å². The molecule has 0 saturated heterocycles. The highest BCUT2D eigenvalue weighted by Crippen LogP contribution is 2.30. The van der Waals surface area contributed by atoms with E-state index in [0.717, 1.165) is 14.5 Å². The van der Waals surface area contributed by atoms with Gasteiger partial charge < -0.3 is 0 Å². The number of benzene rings is 2. The van der Waals surface area contributed by atoms with Crippen molar-refractivity contribution in [1.29, 1.82) is 0 Å². The first kappa shape index (κ1) is 16.5. The van der Waals surface area contributed by atoms with Crippen molar-refractivity contribution in [1.82, 2.24) is 9.19 Å². The van der Waals surface area contributed by atoms with E-state index in [1.807, 2.05) is 37.3 Å². The van der Waals surface area contributed by atoms with Gasteiger partial charge in [0.25, 0.3) is 10.0 Å². The number of aldehydes is 1. The maximum atomic E-state index is 12.7. The fraction of sp³-hybridized carbons (Fsp3) is 0.0588. The third-order valence-electron chi connectivity index (χ3n) is 3.37. The first-order valence-electron chi connectivity index (χ1n) is 7.11. The maximum absolute atomic E-state index is 12.7. The smallest absolute Gasteiger partial charge is 0.283 e. The van der Waals surface area contributed by atoms with Gasteiger partial charge in [-0.2, -0.15) is 13.5 Å². The molecule has 0 saturated carbocycles. The number of nitrogens with zero attached hydrogens (tertiary/aromatic N) is 2. The summed E-state index contributed by atoms with van der Waals surface area (Å²) < 4.78 is 26.2. The molecule has 0 fully saturated rings. The molecule has 1 aromatic heterocycles. The molecule has 3 rings (SSSR count). The number of rotatable bonds is 5. The van der Waals surface area contributed by atoms with Crippen molar-refractivity contribution in [3.05, 3.63) is 72.1 Å². The molecule has 24 heavy (non-hydrogen) atoms. The highest BCUT2D eigenvalue weighted by Gasteiger charge is 2.23. The predicted molar refractivity (Wildman–Crippen MR) is 91.9 cm³/mol. The van der Waals surface area contributed by atoms with Gasteiger partial charge in [-0.15, -0.1) is 4.09 Å². The molecule has 2 aromatic carbocycles. The standard InChI is InChI=1S/C17H14N2O3S2/c1-13-7-9-15(10-8-13)24(21,22)19-16(12-20)17(11-18-19)23-14-5-3-2-4-6-14/h2-12H,1H3. The van der Waals surface area contributed by atoms with Crippen molar-refractivity contribution in [2.75, 3.05) is 0 Å². The molecule has 0 radical (unpaired) electrons. The Morgan fingerprint density at radius 2 is 1.71 bits per heavy atom. The van der Waals surface area contributed by atoms with Crippen LogP contribution >= 0.6 is 11.8 Å². The first-order chi connectivity index (χ1) is 11.5. The van der Waals surface area contributed by atoms with E-state index in [2.05, 4.69) is 5.10 Å². The highest BCUT2D eigenvalue weighted by atomic mass is 32.2. The molecule has 5 nitrogen and oxygen atoms in total. The second-order valence-electron chi connectivity index (χ2n) is 5.09. The largest absolute Gasteiger partial charge is 0.296 e. The normalized spacial score (nSPS) is 11.4. The fourth-order valence-electron chi connectivity index (χ4n) is 2.13. The number of carbonyl (C=O) groups is 1. The van der Waals surface area contributed by atoms with Crippen LogP contribution in [0.15, 0.2) is 75.5 Å². The van der Waals surface area contributed by atoms with Gasteiger partial charge in [0.05, 0.1) is 16.0 Å². The van der Waals surface area contributed by atoms with Crippen LogP contribution in [-0.2, 0) is 10.0 Å². The minimum Gasteiger partial charge on any atom is -0.296 e. The lowest BCUT2D eigenvalue weighted by Crippen LogP contribution is -2.17. The molecule has 0 N–H and O–H groups in total. The number of hydrogen-bond acceptors (Lipinski definition) is 5. The van der Waals surface area contributed by atoms with Crippen LogP contribution in [0.4, 0.5) is 0 Å². The number of carbonyl (C=O) groups excluding carboxylic acids is 1. The summed E-state index contributed by atoms with van der Waals surface area (Å²) in [6, 6.07) is 15.8. The van der Waals surface area contributed by atoms with Gasteiger partial charge in [0, 0.05) is 4.90 Å². The minimum absolute atomic E-state index is 0.0180. The topological polar surface area (TPSA) is 69.0 Å². The van der Waals surface area contributed by atoms with Crippen molar-refractivity contribution in [2.45, 2.75) is 21.6 Å². The SMILES string of the molecule is Cc1ccc(S(=O)(=O)n2ncc(Sc3ccccc3)c2C=O)cc1. The second-order valence-corrected chi connectivity index (χ2v) is 7.97. The van der Waals surface area contributed by atoms with Crippen LogP contribution in [0, 0.1) is 6.92 Å². The van der Waals surface area contributed by atoms with Gasteiger partial charge in [0.15, 0.2) is 6.29 Å². The molecule has 0 aliphatic rings. The van der Waals surface area contributed by atoms with Gasteiger partial charge in [-0.3, -0.25) is 4.79 Å². The number of aryl methyl sites for hydroxylation is 1. The summed E-state index contributed by atoms with van der Waals surface area (Å²) in [5, 5.41) is 3.93. The van der Waals surface area contributed by atoms with Crippen molar-refractivity contribution >= 4 is 28.1 Å². The van der Waals surface area contributed by atoms with Crippen molar-refractivity contribution < 1.29 is 13.2 Å². The zero-order valence-corrected chi connectivity index (χ0v) is 14.4.